The van der Waals surface area contributed by atoms with Gasteiger partial charge in [0.25, 0.3) is 10.0 Å². The molecule has 5 nitrogen and oxygen atoms in total. The van der Waals surface area contributed by atoms with Crippen LogP contribution in [0.15, 0.2) is 51.8 Å². The first-order valence-electron chi connectivity index (χ1n) is 5.90. The molecule has 0 saturated heterocycles. The third-order valence-electron chi connectivity index (χ3n) is 2.97. The van der Waals surface area contributed by atoms with Crippen LogP contribution < -0.4 is 10.0 Å². The van der Waals surface area contributed by atoms with E-state index in [0.717, 1.165) is 8.78 Å². The lowest BCUT2D eigenvalue weighted by Gasteiger charge is -2.21. The molecule has 0 bridgehead atoms. The number of nitriles is 1. The number of benzene rings is 2. The maximum Gasteiger partial charge on any atom is 0.264 e. The Hall–Kier alpha value is -2.04. The molecule has 108 valence electrons. The number of halogens is 1. The van der Waals surface area contributed by atoms with E-state index in [1.165, 1.54) is 31.3 Å². The monoisotopic (exact) mass is 365 g/mol. The molecule has 2 aromatic carbocycles. The number of rotatable bonds is 3. The molecule has 2 rings (SSSR count). The van der Waals surface area contributed by atoms with E-state index in [1.807, 2.05) is 6.07 Å². The van der Waals surface area contributed by atoms with Gasteiger partial charge in [0.1, 0.15) is 0 Å². The van der Waals surface area contributed by atoms with E-state index < -0.39 is 10.0 Å². The molecule has 0 amide bonds. The summed E-state index contributed by atoms with van der Waals surface area (Å²) in [5.74, 6) is 0. The molecule has 0 spiro atoms. The van der Waals surface area contributed by atoms with Crippen LogP contribution in [-0.4, -0.2) is 15.5 Å². The lowest BCUT2D eigenvalue weighted by molar-refractivity contribution is 0.594. The maximum atomic E-state index is 12.5. The van der Waals surface area contributed by atoms with Gasteiger partial charge in [-0.25, -0.2) is 8.42 Å². The molecule has 0 unspecified atom stereocenters. The lowest BCUT2D eigenvalue weighted by Crippen LogP contribution is -2.27. The van der Waals surface area contributed by atoms with E-state index in [4.69, 9.17) is 11.0 Å². The van der Waals surface area contributed by atoms with Crippen molar-refractivity contribution >= 4 is 37.3 Å². The van der Waals surface area contributed by atoms with Crippen molar-refractivity contribution in [2.75, 3.05) is 17.1 Å². The minimum absolute atomic E-state index is 0.103. The summed E-state index contributed by atoms with van der Waals surface area (Å²) < 4.78 is 27.0. The van der Waals surface area contributed by atoms with E-state index in [2.05, 4.69) is 15.9 Å². The molecule has 0 aromatic heterocycles. The Labute approximate surface area is 131 Å². The third kappa shape index (κ3) is 3.01. The standard InChI is InChI=1S/C14H12BrN3O2S/c1-18(14-7-4-11(15)8-13(14)17)21(19,20)12-5-2-10(9-16)3-6-12/h2-8H,17H2,1H3. The zero-order valence-electron chi connectivity index (χ0n) is 11.1. The maximum absolute atomic E-state index is 12.5. The normalized spacial score (nSPS) is 10.9. The Morgan fingerprint density at radius 1 is 1.19 bits per heavy atom. The van der Waals surface area contributed by atoms with Crippen LogP contribution in [0.1, 0.15) is 5.56 Å². The van der Waals surface area contributed by atoms with Crippen LogP contribution in [0.25, 0.3) is 0 Å². The SMILES string of the molecule is CN(c1ccc(Br)cc1N)S(=O)(=O)c1ccc(C#N)cc1. The topological polar surface area (TPSA) is 87.2 Å². The molecular weight excluding hydrogens is 354 g/mol. The smallest absolute Gasteiger partial charge is 0.264 e. The molecule has 0 saturated carbocycles. The second kappa shape index (κ2) is 5.76. The van der Waals surface area contributed by atoms with E-state index in [9.17, 15) is 8.42 Å². The van der Waals surface area contributed by atoms with Crippen molar-refractivity contribution in [1.82, 2.24) is 0 Å². The molecule has 2 N–H and O–H groups in total. The van der Waals surface area contributed by atoms with Crippen molar-refractivity contribution in [3.63, 3.8) is 0 Å². The van der Waals surface area contributed by atoms with Gasteiger partial charge in [-0.3, -0.25) is 4.31 Å². The Bertz CT molecular complexity index is 811. The predicted molar refractivity (Wildman–Crippen MR) is 85.3 cm³/mol. The highest BCUT2D eigenvalue weighted by molar-refractivity contribution is 9.10. The third-order valence-corrected chi connectivity index (χ3v) is 5.25. The van der Waals surface area contributed by atoms with Crippen LogP contribution in [0, 0.1) is 11.3 Å². The molecule has 0 fully saturated rings. The number of sulfonamides is 1. The van der Waals surface area contributed by atoms with Gasteiger partial charge in [-0.1, -0.05) is 15.9 Å². The molecule has 2 aromatic rings. The Kier molecular flexibility index (Phi) is 4.21. The summed E-state index contributed by atoms with van der Waals surface area (Å²) in [5.41, 5.74) is 7.01. The summed E-state index contributed by atoms with van der Waals surface area (Å²) >= 11 is 3.28. The number of nitrogens with two attached hydrogens (primary N) is 1. The van der Waals surface area contributed by atoms with Crippen LogP contribution in [0.5, 0.6) is 0 Å². The first-order valence-corrected chi connectivity index (χ1v) is 8.13. The van der Waals surface area contributed by atoms with Crippen molar-refractivity contribution in [2.45, 2.75) is 4.90 Å². The van der Waals surface area contributed by atoms with E-state index >= 15 is 0 Å². The largest absolute Gasteiger partial charge is 0.397 e. The molecule has 0 aliphatic rings. The number of hydrogen-bond donors (Lipinski definition) is 1. The van der Waals surface area contributed by atoms with Gasteiger partial charge in [-0.15, -0.1) is 0 Å². The number of nitrogens with zero attached hydrogens (tertiary/aromatic N) is 2. The number of nitrogen functional groups attached to an aromatic ring is 1. The summed E-state index contributed by atoms with van der Waals surface area (Å²) in [6, 6.07) is 12.7. The van der Waals surface area contributed by atoms with Gasteiger partial charge in [-0.2, -0.15) is 5.26 Å². The van der Waals surface area contributed by atoms with Gasteiger partial charge >= 0.3 is 0 Å². The zero-order chi connectivity index (χ0) is 15.6. The summed E-state index contributed by atoms with van der Waals surface area (Å²) in [7, 11) is -2.29. The molecule has 0 atom stereocenters. The van der Waals surface area contributed by atoms with Crippen LogP contribution in [0.4, 0.5) is 11.4 Å². The highest BCUT2D eigenvalue weighted by atomic mass is 79.9. The molecule has 0 radical (unpaired) electrons. The number of anilines is 2. The summed E-state index contributed by atoms with van der Waals surface area (Å²) in [5, 5.41) is 8.75. The van der Waals surface area contributed by atoms with E-state index in [-0.39, 0.29) is 4.90 Å². The predicted octanol–water partition coefficient (Wildman–Crippen LogP) is 2.73. The molecular formula is C14H12BrN3O2S. The fourth-order valence-electron chi connectivity index (χ4n) is 1.80. The first-order chi connectivity index (χ1) is 9.86. The molecule has 0 aliphatic carbocycles. The van der Waals surface area contributed by atoms with Gasteiger partial charge in [-0.05, 0) is 42.5 Å². The van der Waals surface area contributed by atoms with Gasteiger partial charge in [0, 0.05) is 11.5 Å². The first kappa shape index (κ1) is 15.4. The van der Waals surface area contributed by atoms with Gasteiger partial charge in [0.2, 0.25) is 0 Å². The minimum atomic E-state index is -3.72. The fraction of sp³-hybridized carbons (Fsp3) is 0.0714. The average Bonchev–Trinajstić information content (AvgIpc) is 2.46. The van der Waals surface area contributed by atoms with Crippen LogP contribution >= 0.6 is 15.9 Å². The van der Waals surface area contributed by atoms with Crippen molar-refractivity contribution in [3.8, 4) is 6.07 Å². The van der Waals surface area contributed by atoms with Gasteiger partial charge in [0.15, 0.2) is 0 Å². The average molecular weight is 366 g/mol. The second-order valence-corrected chi connectivity index (χ2v) is 7.20. The number of hydrogen-bond acceptors (Lipinski definition) is 4. The highest BCUT2D eigenvalue weighted by Gasteiger charge is 2.22. The fourth-order valence-corrected chi connectivity index (χ4v) is 3.40. The summed E-state index contributed by atoms with van der Waals surface area (Å²) in [4.78, 5) is 0.103. The van der Waals surface area contributed by atoms with E-state index in [1.54, 1.807) is 18.2 Å². The molecule has 0 heterocycles. The van der Waals surface area contributed by atoms with Crippen LogP contribution in [-0.2, 0) is 10.0 Å². The van der Waals surface area contributed by atoms with Crippen molar-refractivity contribution in [2.24, 2.45) is 0 Å². The second-order valence-electron chi connectivity index (χ2n) is 4.31. The van der Waals surface area contributed by atoms with Gasteiger partial charge < -0.3 is 5.73 Å². The quantitative estimate of drug-likeness (QED) is 0.847. The van der Waals surface area contributed by atoms with Crippen LogP contribution in [0.3, 0.4) is 0 Å². The van der Waals surface area contributed by atoms with Crippen molar-refractivity contribution < 1.29 is 8.42 Å². The summed E-state index contributed by atoms with van der Waals surface area (Å²) in [6.07, 6.45) is 0. The van der Waals surface area contributed by atoms with E-state index in [0.29, 0.717) is 16.9 Å². The lowest BCUT2D eigenvalue weighted by atomic mass is 10.2. The van der Waals surface area contributed by atoms with Crippen molar-refractivity contribution in [3.05, 3.63) is 52.5 Å². The molecule has 21 heavy (non-hydrogen) atoms. The highest BCUT2D eigenvalue weighted by Crippen LogP contribution is 2.29. The Morgan fingerprint density at radius 2 is 1.81 bits per heavy atom. The Balaban J connectivity index is 2.45. The van der Waals surface area contributed by atoms with Crippen molar-refractivity contribution in [1.29, 1.82) is 5.26 Å². The summed E-state index contributed by atoms with van der Waals surface area (Å²) in [6.45, 7) is 0. The Morgan fingerprint density at radius 3 is 2.33 bits per heavy atom. The zero-order valence-corrected chi connectivity index (χ0v) is 13.5. The molecule has 7 heteroatoms. The molecule has 0 aliphatic heterocycles. The van der Waals surface area contributed by atoms with Crippen LogP contribution in [0.2, 0.25) is 0 Å². The van der Waals surface area contributed by atoms with Gasteiger partial charge in [0.05, 0.1) is 27.9 Å². The minimum Gasteiger partial charge on any atom is -0.397 e.